The Labute approximate surface area is 190 Å². The molecule has 180 valence electrons. The van der Waals surface area contributed by atoms with E-state index in [-0.39, 0.29) is 30.1 Å². The number of methoxy groups -OCH3 is 1. The van der Waals surface area contributed by atoms with Crippen molar-refractivity contribution in [3.05, 3.63) is 53.6 Å². The highest BCUT2D eigenvalue weighted by molar-refractivity contribution is 7.87. The maximum atomic E-state index is 13.0. The van der Waals surface area contributed by atoms with E-state index in [0.717, 1.165) is 31.0 Å². The highest BCUT2D eigenvalue weighted by Gasteiger charge is 2.32. The molecule has 11 heteroatoms. The quantitative estimate of drug-likeness (QED) is 0.524. The van der Waals surface area contributed by atoms with Crippen molar-refractivity contribution in [3.8, 4) is 11.5 Å². The Morgan fingerprint density at radius 2 is 1.94 bits per heavy atom. The number of ether oxygens (including phenoxy) is 2. The van der Waals surface area contributed by atoms with Crippen LogP contribution in [-0.4, -0.2) is 45.6 Å². The molecule has 0 radical (unpaired) electrons. The SMILES string of the molecule is COc1ccc(CN(C[C@H]2CCCO2)C(C)=O)cc1OS(=O)(=O)c1cccc(C(F)(F)F)c1. The number of alkyl halides is 3. The van der Waals surface area contributed by atoms with Crippen LogP contribution in [0.15, 0.2) is 47.4 Å². The molecule has 1 amide bonds. The Kier molecular flexibility index (Phi) is 7.53. The van der Waals surface area contributed by atoms with Gasteiger partial charge in [0.05, 0.1) is 18.8 Å². The molecule has 7 nitrogen and oxygen atoms in total. The molecule has 1 heterocycles. The van der Waals surface area contributed by atoms with Crippen LogP contribution in [-0.2, 0) is 32.4 Å². The van der Waals surface area contributed by atoms with Gasteiger partial charge in [-0.1, -0.05) is 12.1 Å². The average Bonchev–Trinajstić information content (AvgIpc) is 3.26. The number of hydrogen-bond donors (Lipinski definition) is 0. The largest absolute Gasteiger partial charge is 0.493 e. The first-order chi connectivity index (χ1) is 15.5. The van der Waals surface area contributed by atoms with Gasteiger partial charge in [-0.3, -0.25) is 4.79 Å². The molecule has 0 unspecified atom stereocenters. The van der Waals surface area contributed by atoms with Crippen LogP contribution >= 0.6 is 0 Å². The fourth-order valence-corrected chi connectivity index (χ4v) is 4.42. The standard InChI is InChI=1S/C22H24F3NO6S/c1-15(27)26(14-18-6-4-10-31-18)13-16-8-9-20(30-2)21(11-16)32-33(28,29)19-7-3-5-17(12-19)22(23,24)25/h3,5,7-9,11-12,18H,4,6,10,13-14H2,1-2H3/t18-/m1/s1. The van der Waals surface area contributed by atoms with E-state index in [1.165, 1.54) is 26.2 Å². The van der Waals surface area contributed by atoms with Gasteiger partial charge in [-0.25, -0.2) is 0 Å². The van der Waals surface area contributed by atoms with Gasteiger partial charge in [0.1, 0.15) is 4.90 Å². The predicted molar refractivity (Wildman–Crippen MR) is 112 cm³/mol. The lowest BCUT2D eigenvalue weighted by molar-refractivity contribution is -0.137. The number of carbonyl (C=O) groups excluding carboxylic acids is 1. The van der Waals surface area contributed by atoms with Crippen LogP contribution in [0.1, 0.15) is 30.9 Å². The Morgan fingerprint density at radius 1 is 1.18 bits per heavy atom. The number of benzene rings is 2. The predicted octanol–water partition coefficient (Wildman–Crippen LogP) is 4.01. The van der Waals surface area contributed by atoms with E-state index in [9.17, 15) is 26.4 Å². The first-order valence-corrected chi connectivity index (χ1v) is 11.6. The zero-order chi connectivity index (χ0) is 24.2. The fourth-order valence-electron chi connectivity index (χ4n) is 3.44. The molecular weight excluding hydrogens is 463 g/mol. The molecule has 1 fully saturated rings. The summed E-state index contributed by atoms with van der Waals surface area (Å²) < 4.78 is 80.2. The van der Waals surface area contributed by atoms with Gasteiger partial charge in [-0.2, -0.15) is 21.6 Å². The summed E-state index contributed by atoms with van der Waals surface area (Å²) >= 11 is 0. The van der Waals surface area contributed by atoms with Crippen LogP contribution in [0.2, 0.25) is 0 Å². The van der Waals surface area contributed by atoms with Gasteiger partial charge in [-0.05, 0) is 48.7 Å². The van der Waals surface area contributed by atoms with Crippen molar-refractivity contribution < 1.29 is 40.0 Å². The summed E-state index contributed by atoms with van der Waals surface area (Å²) in [6.07, 6.45) is -3.01. The Hall–Kier alpha value is -2.79. The number of carbonyl (C=O) groups is 1. The third-order valence-electron chi connectivity index (χ3n) is 5.14. The lowest BCUT2D eigenvalue weighted by atomic mass is 10.1. The van der Waals surface area contributed by atoms with E-state index >= 15 is 0 Å². The van der Waals surface area contributed by atoms with Crippen LogP contribution in [0.3, 0.4) is 0 Å². The van der Waals surface area contributed by atoms with Crippen molar-refractivity contribution in [1.82, 2.24) is 4.90 Å². The van der Waals surface area contributed by atoms with Crippen molar-refractivity contribution in [2.45, 2.75) is 43.5 Å². The molecule has 3 rings (SSSR count). The van der Waals surface area contributed by atoms with Crippen LogP contribution in [0.5, 0.6) is 11.5 Å². The van der Waals surface area contributed by atoms with Crippen LogP contribution in [0.4, 0.5) is 13.2 Å². The zero-order valence-electron chi connectivity index (χ0n) is 18.1. The van der Waals surface area contributed by atoms with Gasteiger partial charge in [0.15, 0.2) is 11.5 Å². The smallest absolute Gasteiger partial charge is 0.416 e. The number of hydrogen-bond acceptors (Lipinski definition) is 6. The molecule has 1 atom stereocenters. The van der Waals surface area contributed by atoms with Gasteiger partial charge in [-0.15, -0.1) is 0 Å². The van der Waals surface area contributed by atoms with Crippen molar-refractivity contribution >= 4 is 16.0 Å². The molecule has 0 spiro atoms. The van der Waals surface area contributed by atoms with E-state index in [1.807, 2.05) is 0 Å². The Morgan fingerprint density at radius 3 is 2.55 bits per heavy atom. The zero-order valence-corrected chi connectivity index (χ0v) is 18.9. The molecule has 1 aliphatic rings. The molecule has 2 aromatic carbocycles. The Balaban J connectivity index is 1.85. The average molecular weight is 487 g/mol. The first-order valence-electron chi connectivity index (χ1n) is 10.2. The third-order valence-corrected chi connectivity index (χ3v) is 6.37. The summed E-state index contributed by atoms with van der Waals surface area (Å²) in [6.45, 7) is 2.62. The molecule has 0 N–H and O–H groups in total. The molecule has 2 aromatic rings. The molecule has 0 aromatic heterocycles. The van der Waals surface area contributed by atoms with Crippen molar-refractivity contribution in [2.75, 3.05) is 20.3 Å². The minimum atomic E-state index is -4.71. The Bertz CT molecular complexity index is 1100. The highest BCUT2D eigenvalue weighted by atomic mass is 32.2. The molecule has 33 heavy (non-hydrogen) atoms. The number of halogens is 3. The van der Waals surface area contributed by atoms with Crippen molar-refractivity contribution in [3.63, 3.8) is 0 Å². The van der Waals surface area contributed by atoms with E-state index in [2.05, 4.69) is 0 Å². The minimum Gasteiger partial charge on any atom is -0.493 e. The topological polar surface area (TPSA) is 82.1 Å². The number of rotatable bonds is 8. The highest BCUT2D eigenvalue weighted by Crippen LogP contribution is 2.34. The summed E-state index contributed by atoms with van der Waals surface area (Å²) in [6, 6.07) is 7.78. The molecule has 1 saturated heterocycles. The van der Waals surface area contributed by atoms with Crippen molar-refractivity contribution in [2.24, 2.45) is 0 Å². The van der Waals surface area contributed by atoms with Gasteiger partial charge in [0.2, 0.25) is 5.91 Å². The third kappa shape index (κ3) is 6.38. The second-order valence-corrected chi connectivity index (χ2v) is 9.13. The van der Waals surface area contributed by atoms with Crippen molar-refractivity contribution in [1.29, 1.82) is 0 Å². The molecule has 1 aliphatic heterocycles. The summed E-state index contributed by atoms with van der Waals surface area (Å²) in [5, 5.41) is 0. The van der Waals surface area contributed by atoms with Crippen LogP contribution in [0, 0.1) is 0 Å². The lowest BCUT2D eigenvalue weighted by Crippen LogP contribution is -2.35. The summed E-state index contributed by atoms with van der Waals surface area (Å²) in [4.78, 5) is 13.0. The molecule has 0 aliphatic carbocycles. The van der Waals surface area contributed by atoms with Crippen LogP contribution in [0.25, 0.3) is 0 Å². The maximum Gasteiger partial charge on any atom is 0.416 e. The van der Waals surface area contributed by atoms with Gasteiger partial charge in [0.25, 0.3) is 0 Å². The molecule has 0 saturated carbocycles. The van der Waals surface area contributed by atoms with E-state index < -0.39 is 26.8 Å². The maximum absolute atomic E-state index is 13.0. The second-order valence-electron chi connectivity index (χ2n) is 7.58. The normalized spacial score (nSPS) is 16.5. The van der Waals surface area contributed by atoms with Gasteiger partial charge in [0, 0.05) is 26.6 Å². The van der Waals surface area contributed by atoms with Gasteiger partial charge >= 0.3 is 16.3 Å². The minimum absolute atomic E-state index is 0.0656. The van der Waals surface area contributed by atoms with E-state index in [0.29, 0.717) is 24.8 Å². The number of nitrogens with zero attached hydrogens (tertiary/aromatic N) is 1. The molecular formula is C22H24F3NO6S. The summed E-state index contributed by atoms with van der Waals surface area (Å²) in [5.74, 6) is -0.309. The molecule has 0 bridgehead atoms. The fraction of sp³-hybridized carbons (Fsp3) is 0.409. The summed E-state index contributed by atoms with van der Waals surface area (Å²) in [5.41, 5.74) is -0.558. The lowest BCUT2D eigenvalue weighted by Gasteiger charge is -2.24. The van der Waals surface area contributed by atoms with E-state index in [1.54, 1.807) is 11.0 Å². The summed E-state index contributed by atoms with van der Waals surface area (Å²) in [7, 11) is -3.29. The monoisotopic (exact) mass is 487 g/mol. The van der Waals surface area contributed by atoms with Crippen LogP contribution < -0.4 is 8.92 Å². The first kappa shape index (κ1) is 24.8. The van der Waals surface area contributed by atoms with Gasteiger partial charge < -0.3 is 18.6 Å². The second kappa shape index (κ2) is 10.0. The van der Waals surface area contributed by atoms with E-state index in [4.69, 9.17) is 13.7 Å². The number of amides is 1.